The van der Waals surface area contributed by atoms with Crippen LogP contribution in [0, 0.1) is 25.7 Å². The van der Waals surface area contributed by atoms with Crippen LogP contribution in [0.3, 0.4) is 0 Å². The van der Waals surface area contributed by atoms with Crippen molar-refractivity contribution in [1.29, 1.82) is 0 Å². The van der Waals surface area contributed by atoms with E-state index in [4.69, 9.17) is 28.2 Å². The lowest BCUT2D eigenvalue weighted by Gasteiger charge is -2.33. The molecule has 0 saturated carbocycles. The van der Waals surface area contributed by atoms with Crippen LogP contribution in [0.1, 0.15) is 41.1 Å². The largest absolute Gasteiger partial charge is 0.492 e. The Balaban J connectivity index is 0.706. The number of allylic oxidation sites excluding steroid dienone is 1. The molecule has 4 heterocycles. The quantitative estimate of drug-likeness (QED) is 0.0297. The van der Waals surface area contributed by atoms with Crippen LogP contribution in [0.15, 0.2) is 94.1 Å². The van der Waals surface area contributed by atoms with E-state index in [9.17, 15) is 27.2 Å². The number of piperidine rings is 1. The summed E-state index contributed by atoms with van der Waals surface area (Å²) in [5.41, 5.74) is 4.42. The fourth-order valence-electron chi connectivity index (χ4n) is 8.33. The second-order valence-corrected chi connectivity index (χ2v) is 17.4. The van der Waals surface area contributed by atoms with Gasteiger partial charge in [0, 0.05) is 60.0 Å². The van der Waals surface area contributed by atoms with E-state index in [1.54, 1.807) is 47.2 Å². The monoisotopic (exact) mass is 987 g/mol. The molecule has 7 rings (SSSR count). The van der Waals surface area contributed by atoms with E-state index in [0.717, 1.165) is 28.9 Å². The summed E-state index contributed by atoms with van der Waals surface area (Å²) in [4.78, 5) is 30.0. The number of aromatic nitrogens is 3. The summed E-state index contributed by atoms with van der Waals surface area (Å²) in [5, 5.41) is 13.7. The molecule has 1 aliphatic heterocycles. The molecule has 1 unspecified atom stereocenters. The van der Waals surface area contributed by atoms with Gasteiger partial charge >= 0.3 is 6.18 Å². The predicted octanol–water partition coefficient (Wildman–Crippen LogP) is 6.62. The van der Waals surface area contributed by atoms with Gasteiger partial charge in [-0.05, 0) is 81.6 Å². The van der Waals surface area contributed by atoms with E-state index in [1.165, 1.54) is 6.07 Å². The Kier molecular flexibility index (Phi) is 18.9. The number of hydrogen-bond acceptors (Lipinski definition) is 12. The maximum atomic E-state index is 14.8. The van der Waals surface area contributed by atoms with Crippen LogP contribution >= 0.6 is 0 Å². The summed E-state index contributed by atoms with van der Waals surface area (Å²) >= 11 is 0. The number of benzene rings is 2. The molecule has 1 saturated heterocycles. The van der Waals surface area contributed by atoms with Crippen LogP contribution in [0.4, 0.5) is 23.2 Å². The van der Waals surface area contributed by atoms with Gasteiger partial charge in [-0.25, -0.2) is 4.39 Å². The minimum absolute atomic E-state index is 0.0297. The Morgan fingerprint density at radius 1 is 0.986 bits per heavy atom. The number of fused-ring (bicyclic) bond motifs is 1. The number of halogens is 4. The highest BCUT2D eigenvalue weighted by atomic mass is 19.4. The summed E-state index contributed by atoms with van der Waals surface area (Å²) in [6, 6.07) is 15.1. The summed E-state index contributed by atoms with van der Waals surface area (Å²) in [6.45, 7) is 7.89. The first-order valence-corrected chi connectivity index (χ1v) is 23.7. The van der Waals surface area contributed by atoms with Gasteiger partial charge in [0.25, 0.3) is 11.5 Å². The van der Waals surface area contributed by atoms with Gasteiger partial charge in [-0.1, -0.05) is 41.4 Å². The van der Waals surface area contributed by atoms with Crippen molar-refractivity contribution < 1.29 is 50.6 Å². The average Bonchev–Trinajstić information content (AvgIpc) is 3.87. The number of nitrogens with zero attached hydrogens (tertiary/aromatic N) is 3. The first kappa shape index (κ1) is 52.4. The molecule has 3 aromatic heterocycles. The summed E-state index contributed by atoms with van der Waals surface area (Å²) in [6.07, 6.45) is 2.08. The summed E-state index contributed by atoms with van der Waals surface area (Å²) in [5.74, 6) is 7.48. The Morgan fingerprint density at radius 2 is 1.76 bits per heavy atom. The molecule has 3 atom stereocenters. The Bertz CT molecular complexity index is 2720. The average molecular weight is 988 g/mol. The van der Waals surface area contributed by atoms with Crippen molar-refractivity contribution in [2.75, 3.05) is 91.4 Å². The van der Waals surface area contributed by atoms with Gasteiger partial charge in [-0.2, -0.15) is 13.2 Å². The van der Waals surface area contributed by atoms with Crippen LogP contribution in [0.5, 0.6) is 5.75 Å². The molecule has 2 aliphatic rings. The maximum absolute atomic E-state index is 14.8. The highest BCUT2D eigenvalue weighted by Gasteiger charge is 2.32. The predicted molar refractivity (Wildman–Crippen MR) is 261 cm³/mol. The molecule has 2 aromatic carbocycles. The highest BCUT2D eigenvalue weighted by molar-refractivity contribution is 5.95. The number of carbonyl (C=O) groups is 1. The molecule has 1 aliphatic carbocycles. The fourth-order valence-corrected chi connectivity index (χ4v) is 8.33. The minimum atomic E-state index is -4.44. The van der Waals surface area contributed by atoms with Crippen molar-refractivity contribution in [1.82, 2.24) is 30.2 Å². The van der Waals surface area contributed by atoms with Crippen LogP contribution in [0.2, 0.25) is 0 Å². The van der Waals surface area contributed by atoms with Gasteiger partial charge in [0.1, 0.15) is 30.0 Å². The molecule has 1 fully saturated rings. The van der Waals surface area contributed by atoms with Crippen molar-refractivity contribution in [2.24, 2.45) is 0 Å². The lowest BCUT2D eigenvalue weighted by molar-refractivity contribution is -0.127. The third kappa shape index (κ3) is 15.8. The normalized spacial score (nSPS) is 17.2. The number of ether oxygens (including phenoxy) is 5. The lowest BCUT2D eigenvalue weighted by atomic mass is 10.0. The third-order valence-electron chi connectivity index (χ3n) is 11.9. The number of nitrogens with one attached hydrogen (secondary N) is 4. The van der Waals surface area contributed by atoms with Gasteiger partial charge in [0.15, 0.2) is 6.61 Å². The fraction of sp³-hybridized carbons (Fsp3) is 0.442. The van der Waals surface area contributed by atoms with Crippen molar-refractivity contribution in [2.45, 2.75) is 64.1 Å². The highest BCUT2D eigenvalue weighted by Crippen LogP contribution is 2.34. The number of likely N-dealkylation sites (tertiary alicyclic amines) is 1. The number of pyridine rings is 1. The van der Waals surface area contributed by atoms with Gasteiger partial charge in [-0.15, -0.1) is 0 Å². The molecule has 5 aromatic rings. The van der Waals surface area contributed by atoms with Gasteiger partial charge in [-0.3, -0.25) is 14.9 Å². The zero-order chi connectivity index (χ0) is 50.2. The number of aryl methyl sites for hydroxylation is 2. The lowest BCUT2D eigenvalue weighted by Crippen LogP contribution is -2.46. The zero-order valence-electron chi connectivity index (χ0n) is 40.2. The van der Waals surface area contributed by atoms with E-state index in [0.29, 0.717) is 113 Å². The van der Waals surface area contributed by atoms with Crippen molar-refractivity contribution in [3.63, 3.8) is 0 Å². The molecule has 19 heteroatoms. The summed E-state index contributed by atoms with van der Waals surface area (Å²) in [7, 11) is 1.86. The molecule has 0 spiro atoms. The number of carbonyl (C=O) groups excluding carboxylic acids is 1. The number of rotatable bonds is 24. The smallest absolute Gasteiger partial charge is 0.393 e. The number of H-pyrrole nitrogens is 1. The van der Waals surface area contributed by atoms with E-state index >= 15 is 0 Å². The van der Waals surface area contributed by atoms with Crippen LogP contribution in [0.25, 0.3) is 22.0 Å². The Labute approximate surface area is 409 Å². The molecule has 71 heavy (non-hydrogen) atoms. The number of aromatic amines is 1. The van der Waals surface area contributed by atoms with Gasteiger partial charge < -0.3 is 53.3 Å². The molecule has 0 bridgehead atoms. The second kappa shape index (κ2) is 25.6. The van der Waals surface area contributed by atoms with Gasteiger partial charge in [0.05, 0.1) is 87.8 Å². The number of alkyl halides is 4. The molecule has 1 amide bonds. The number of para-hydroxylation sites is 1. The molecule has 15 nitrogen and oxygen atoms in total. The molecule has 4 N–H and O–H groups in total. The summed E-state index contributed by atoms with van der Waals surface area (Å²) < 4.78 is 91.0. The van der Waals surface area contributed by atoms with Crippen molar-refractivity contribution >= 4 is 22.5 Å². The number of hydrogen-bond donors (Lipinski definition) is 4. The van der Waals surface area contributed by atoms with Gasteiger partial charge in [0.2, 0.25) is 0 Å². The van der Waals surface area contributed by atoms with Crippen molar-refractivity contribution in [3.8, 4) is 28.7 Å². The van der Waals surface area contributed by atoms with Crippen LogP contribution in [-0.4, -0.2) is 136 Å². The van der Waals surface area contributed by atoms with E-state index in [-0.39, 0.29) is 41.9 Å². The van der Waals surface area contributed by atoms with Crippen molar-refractivity contribution in [3.05, 3.63) is 123 Å². The number of amides is 1. The molecule has 0 radical (unpaired) electrons. The number of anilines is 1. The first-order chi connectivity index (χ1) is 34.3. The van der Waals surface area contributed by atoms with Crippen LogP contribution < -0.4 is 26.2 Å². The van der Waals surface area contributed by atoms with E-state index in [1.807, 2.05) is 56.2 Å². The molecule has 380 valence electrons. The van der Waals surface area contributed by atoms with Crippen LogP contribution in [-0.2, 0) is 36.7 Å². The van der Waals surface area contributed by atoms with E-state index in [2.05, 4.69) is 37.9 Å². The first-order valence-electron chi connectivity index (χ1n) is 23.7. The topological polar surface area (TPSA) is 166 Å². The Morgan fingerprint density at radius 3 is 2.49 bits per heavy atom. The molecular weight excluding hydrogens is 927 g/mol. The Hall–Kier alpha value is -6.43. The SMILES string of the molecule is Cc1noc(C)c1-c1ccc(=O)n(Cc2cccc(OCC(=O)NCCOCCOCCOCCOC3=CCC(NCC#Cc4[nH]c5c(N[C@@H]6CCN(C)C[C@@H]6F)cccc5c4CC(F)(F)F)C=C3)c2)c1. The zero-order valence-corrected chi connectivity index (χ0v) is 40.2. The maximum Gasteiger partial charge on any atom is 0.393 e. The second-order valence-electron chi connectivity index (χ2n) is 17.4. The van der Waals surface area contributed by atoms with E-state index < -0.39 is 24.8 Å². The molecular formula is C52H61F4N7O8. The minimum Gasteiger partial charge on any atom is -0.492 e. The third-order valence-corrected chi connectivity index (χ3v) is 11.9. The standard InChI is InChI=1S/C52H61F4N7O8/c1-35-50(36(2)71-61-35)38-12-17-49(65)63(32-38)31-37-7-4-8-41(29-37)70-34-48(64)58-20-22-66-23-24-67-25-26-68-27-28-69-40-15-13-39(14-16-40)57-19-6-11-45-43(30-52(54,55)56)42-9-5-10-47(51(42)60-45)59-46-18-21-62(3)33-44(46)53/h4-5,7-10,12-13,15-17,29,32,39,44,46,57,59-60H,14,18-28,30-31,33-34H2,1-3H3,(H,58,64)/t39?,44-,46+/m0/s1.